The van der Waals surface area contributed by atoms with Gasteiger partial charge in [0.25, 0.3) is 0 Å². The van der Waals surface area contributed by atoms with Gasteiger partial charge in [-0.1, -0.05) is 0 Å². The molecule has 0 atom stereocenters. The highest BCUT2D eigenvalue weighted by molar-refractivity contribution is 5.69. The number of nitrogens with zero attached hydrogens (tertiary/aromatic N) is 9. The molecule has 0 unspecified atom stereocenters. The van der Waals surface area contributed by atoms with Crippen LogP contribution in [0, 0.1) is 0 Å². The maximum atomic E-state index is 2.19. The fraction of sp³-hybridized carbons (Fsp3) is 0.294. The zero-order valence-electron chi connectivity index (χ0n) is 38.9. The topological polar surface area (TPSA) is 29.2 Å². The van der Waals surface area contributed by atoms with Crippen molar-refractivity contribution in [3.8, 4) is 0 Å². The average molecular weight is 808 g/mol. The molecular weight excluding hydrogens is 739 g/mol. The van der Waals surface area contributed by atoms with Crippen LogP contribution in [0.2, 0.25) is 0 Å². The zero-order valence-corrected chi connectivity index (χ0v) is 38.9. The van der Waals surface area contributed by atoms with Gasteiger partial charge in [-0.05, 0) is 146 Å². The van der Waals surface area contributed by atoms with E-state index in [-0.39, 0.29) is 0 Å². The van der Waals surface area contributed by atoms with E-state index in [1.165, 1.54) is 68.2 Å². The summed E-state index contributed by atoms with van der Waals surface area (Å²) in [5.74, 6) is 0. The van der Waals surface area contributed by atoms with Gasteiger partial charge in [-0.15, -0.1) is 0 Å². The van der Waals surface area contributed by atoms with Crippen LogP contribution in [-0.2, 0) is 0 Å². The standard InChI is InChI=1S/3C17H23N3/c3*1-18(2)14-6-10-16(11-7-14)20(5)17-12-8-15(9-13-17)19(3)4/h3*6-13H,1-5H3. The molecule has 318 valence electrons. The molecule has 0 amide bonds. The van der Waals surface area contributed by atoms with E-state index < -0.39 is 0 Å². The molecule has 0 aromatic heterocycles. The van der Waals surface area contributed by atoms with Crippen LogP contribution in [-0.4, -0.2) is 106 Å². The van der Waals surface area contributed by atoms with Gasteiger partial charge in [-0.2, -0.15) is 0 Å². The molecule has 6 aromatic carbocycles. The molecular formula is C51H69N9. The van der Waals surface area contributed by atoms with Crippen LogP contribution in [0.5, 0.6) is 0 Å². The Morgan fingerprint density at radius 1 is 0.150 bits per heavy atom. The van der Waals surface area contributed by atoms with Crippen LogP contribution in [0.4, 0.5) is 68.2 Å². The minimum Gasteiger partial charge on any atom is -0.378 e. The molecule has 0 N–H and O–H groups in total. The summed E-state index contributed by atoms with van der Waals surface area (Å²) in [6.45, 7) is 0. The van der Waals surface area contributed by atoms with Crippen molar-refractivity contribution in [1.29, 1.82) is 0 Å². The molecule has 0 aliphatic carbocycles. The molecule has 9 nitrogen and oxygen atoms in total. The second kappa shape index (κ2) is 21.5. The molecule has 6 aromatic rings. The summed E-state index contributed by atoms with van der Waals surface area (Å²) < 4.78 is 0. The molecule has 6 rings (SSSR count). The van der Waals surface area contributed by atoms with Gasteiger partial charge in [0.05, 0.1) is 0 Å². The third kappa shape index (κ3) is 12.8. The summed E-state index contributed by atoms with van der Waals surface area (Å²) in [5, 5.41) is 0. The van der Waals surface area contributed by atoms with E-state index in [4.69, 9.17) is 0 Å². The van der Waals surface area contributed by atoms with Crippen LogP contribution >= 0.6 is 0 Å². The van der Waals surface area contributed by atoms with E-state index in [0.717, 1.165) is 0 Å². The van der Waals surface area contributed by atoms with Crippen LogP contribution in [0.15, 0.2) is 146 Å². The van der Waals surface area contributed by atoms with Gasteiger partial charge in [0.15, 0.2) is 0 Å². The van der Waals surface area contributed by atoms with Crippen LogP contribution in [0.1, 0.15) is 0 Å². The Balaban J connectivity index is 0.000000198. The molecule has 0 aliphatic rings. The van der Waals surface area contributed by atoms with Crippen molar-refractivity contribution in [1.82, 2.24) is 0 Å². The maximum Gasteiger partial charge on any atom is 0.0409 e. The van der Waals surface area contributed by atoms with Crippen LogP contribution in [0.25, 0.3) is 0 Å². The molecule has 0 heterocycles. The number of anilines is 12. The summed E-state index contributed by atoms with van der Waals surface area (Å²) in [4.78, 5) is 19.2. The lowest BCUT2D eigenvalue weighted by Gasteiger charge is -2.22. The third-order valence-corrected chi connectivity index (χ3v) is 10.5. The summed E-state index contributed by atoms with van der Waals surface area (Å²) in [5.41, 5.74) is 14.4. The predicted molar refractivity (Wildman–Crippen MR) is 269 cm³/mol. The van der Waals surface area contributed by atoms with Crippen molar-refractivity contribution >= 4 is 68.2 Å². The maximum absolute atomic E-state index is 2.19. The lowest BCUT2D eigenvalue weighted by atomic mass is 10.2. The second-order valence-corrected chi connectivity index (χ2v) is 16.1. The molecule has 9 heteroatoms. The fourth-order valence-corrected chi connectivity index (χ4v) is 6.29. The van der Waals surface area contributed by atoms with Crippen molar-refractivity contribution in [3.63, 3.8) is 0 Å². The normalized spacial score (nSPS) is 10.2. The monoisotopic (exact) mass is 808 g/mol. The van der Waals surface area contributed by atoms with E-state index in [1.54, 1.807) is 0 Å². The molecule has 0 spiro atoms. The van der Waals surface area contributed by atoms with E-state index in [2.05, 4.69) is 295 Å². The number of hydrogen-bond acceptors (Lipinski definition) is 9. The first-order valence-corrected chi connectivity index (χ1v) is 20.3. The largest absolute Gasteiger partial charge is 0.378 e. The van der Waals surface area contributed by atoms with Crippen LogP contribution in [0.3, 0.4) is 0 Å². The fourth-order valence-electron chi connectivity index (χ4n) is 6.29. The number of benzene rings is 6. The minimum absolute atomic E-state index is 1.19. The Morgan fingerprint density at radius 3 is 0.317 bits per heavy atom. The molecule has 0 saturated carbocycles. The first-order chi connectivity index (χ1) is 28.5. The Labute approximate surface area is 362 Å². The summed E-state index contributed by atoms with van der Waals surface area (Å²) in [7, 11) is 30.9. The van der Waals surface area contributed by atoms with Gasteiger partial charge in [0, 0.05) is 174 Å². The van der Waals surface area contributed by atoms with E-state index >= 15 is 0 Å². The SMILES string of the molecule is CN(C)c1ccc(N(C)c2ccc(N(C)C)cc2)cc1.CN(C)c1ccc(N(C)c2ccc(N(C)C)cc2)cc1.CN(C)c1ccc(N(C)c2ccc(N(C)C)cc2)cc1. The van der Waals surface area contributed by atoms with Crippen molar-refractivity contribution in [2.75, 3.05) is 150 Å². The van der Waals surface area contributed by atoms with E-state index in [9.17, 15) is 0 Å². The molecule has 0 fully saturated rings. The van der Waals surface area contributed by atoms with E-state index in [0.29, 0.717) is 0 Å². The van der Waals surface area contributed by atoms with Gasteiger partial charge in [0.2, 0.25) is 0 Å². The van der Waals surface area contributed by atoms with Crippen molar-refractivity contribution in [2.45, 2.75) is 0 Å². The highest BCUT2D eigenvalue weighted by atomic mass is 15.1. The van der Waals surface area contributed by atoms with Crippen molar-refractivity contribution in [2.24, 2.45) is 0 Å². The molecule has 60 heavy (non-hydrogen) atoms. The number of rotatable bonds is 12. The molecule has 0 saturated heterocycles. The summed E-state index contributed by atoms with van der Waals surface area (Å²) >= 11 is 0. The second-order valence-electron chi connectivity index (χ2n) is 16.1. The van der Waals surface area contributed by atoms with Crippen molar-refractivity contribution < 1.29 is 0 Å². The van der Waals surface area contributed by atoms with E-state index in [1.807, 2.05) is 0 Å². The Morgan fingerprint density at radius 2 is 0.233 bits per heavy atom. The zero-order chi connectivity index (χ0) is 44.1. The Kier molecular flexibility index (Phi) is 16.6. The minimum atomic E-state index is 1.19. The van der Waals surface area contributed by atoms with Crippen LogP contribution < -0.4 is 44.1 Å². The molecule has 0 bridgehead atoms. The lowest BCUT2D eigenvalue weighted by Crippen LogP contribution is -2.12. The van der Waals surface area contributed by atoms with Gasteiger partial charge >= 0.3 is 0 Å². The average Bonchev–Trinajstić information content (AvgIpc) is 3.26. The first-order valence-electron chi connectivity index (χ1n) is 20.3. The number of hydrogen-bond donors (Lipinski definition) is 0. The van der Waals surface area contributed by atoms with Gasteiger partial charge in [-0.3, -0.25) is 0 Å². The quantitative estimate of drug-likeness (QED) is 0.120. The molecule has 0 radical (unpaired) electrons. The lowest BCUT2D eigenvalue weighted by molar-refractivity contribution is 1.12. The summed E-state index contributed by atoms with van der Waals surface area (Å²) in [6.07, 6.45) is 0. The Hall–Kier alpha value is -6.48. The Bertz CT molecular complexity index is 1720. The predicted octanol–water partition coefficient (Wildman–Crippen LogP) is 10.8. The smallest absolute Gasteiger partial charge is 0.0409 e. The van der Waals surface area contributed by atoms with Gasteiger partial charge < -0.3 is 44.1 Å². The van der Waals surface area contributed by atoms with Gasteiger partial charge in [-0.25, -0.2) is 0 Å². The van der Waals surface area contributed by atoms with Crippen molar-refractivity contribution in [3.05, 3.63) is 146 Å². The highest BCUT2D eigenvalue weighted by Gasteiger charge is 2.08. The third-order valence-electron chi connectivity index (χ3n) is 10.5. The summed E-state index contributed by atoms with van der Waals surface area (Å²) in [6, 6.07) is 51.4. The van der Waals surface area contributed by atoms with Gasteiger partial charge in [0.1, 0.15) is 0 Å². The highest BCUT2D eigenvalue weighted by Crippen LogP contribution is 2.30. The molecule has 0 aliphatic heterocycles. The first kappa shape index (κ1) is 46.2.